The van der Waals surface area contributed by atoms with Gasteiger partial charge in [0.25, 0.3) is 11.8 Å². The highest BCUT2D eigenvalue weighted by atomic mass is 35.5. The molecule has 0 aromatic heterocycles. The van der Waals surface area contributed by atoms with Gasteiger partial charge in [-0.2, -0.15) is 0 Å². The van der Waals surface area contributed by atoms with E-state index >= 15 is 0 Å². The molecule has 0 unspecified atom stereocenters. The molecule has 7 nitrogen and oxygen atoms in total. The predicted octanol–water partition coefficient (Wildman–Crippen LogP) is 4.37. The smallest absolute Gasteiger partial charge is 0.255 e. The van der Waals surface area contributed by atoms with Crippen LogP contribution < -0.4 is 15.4 Å². The fourth-order valence-corrected chi connectivity index (χ4v) is 5.10. The molecule has 0 radical (unpaired) electrons. The highest BCUT2D eigenvalue weighted by molar-refractivity contribution is 6.30. The highest BCUT2D eigenvalue weighted by Gasteiger charge is 2.41. The number of hydrogen-bond acceptors (Lipinski definition) is 4. The van der Waals surface area contributed by atoms with Crippen molar-refractivity contribution in [3.63, 3.8) is 0 Å². The quantitative estimate of drug-likeness (QED) is 0.595. The Morgan fingerprint density at radius 2 is 1.67 bits per heavy atom. The summed E-state index contributed by atoms with van der Waals surface area (Å²) in [7, 11) is 0. The number of nitrogens with one attached hydrogen (secondary N) is 2. The van der Waals surface area contributed by atoms with E-state index in [0.717, 1.165) is 24.8 Å². The Bertz CT molecular complexity index is 1090. The first-order valence-corrected chi connectivity index (χ1v) is 13.1. The molecule has 1 saturated heterocycles. The molecule has 4 rings (SSSR count). The van der Waals surface area contributed by atoms with Crippen LogP contribution in [-0.4, -0.2) is 55.4 Å². The van der Waals surface area contributed by atoms with Crippen LogP contribution in [0.1, 0.15) is 64.8 Å². The van der Waals surface area contributed by atoms with Crippen LogP contribution in [0.3, 0.4) is 0 Å². The van der Waals surface area contributed by atoms with Gasteiger partial charge in [-0.3, -0.25) is 14.4 Å². The SMILES string of the molecule is Cc1ccc2c(c1)OCCCNC(=O)C1(CCCCNC2=O)CCN(C(=O)c2ccc(Cl)cc2)CC1. The summed E-state index contributed by atoms with van der Waals surface area (Å²) in [6, 6.07) is 12.5. The molecule has 36 heavy (non-hydrogen) atoms. The maximum atomic E-state index is 13.4. The Morgan fingerprint density at radius 1 is 0.944 bits per heavy atom. The second kappa shape index (κ2) is 11.8. The van der Waals surface area contributed by atoms with E-state index in [1.165, 1.54) is 0 Å². The van der Waals surface area contributed by atoms with Crippen LogP contribution >= 0.6 is 11.6 Å². The zero-order chi connectivity index (χ0) is 25.5. The molecular formula is C28H34ClN3O4. The standard InChI is InChI=1S/C28H34ClN3O4/c1-20-5-10-23-24(19-20)36-18-4-15-31-27(35)28(11-2-3-14-30-25(23)33)12-16-32(17-13-28)26(34)21-6-8-22(29)9-7-21/h5-10,19H,2-4,11-18H2,1H3,(H,30,33)(H,31,35). The molecule has 2 aromatic rings. The Hall–Kier alpha value is -3.06. The van der Waals surface area contributed by atoms with E-state index in [-0.39, 0.29) is 17.7 Å². The number of ether oxygens (including phenoxy) is 1. The van der Waals surface area contributed by atoms with E-state index in [0.29, 0.717) is 73.9 Å². The van der Waals surface area contributed by atoms with Gasteiger partial charge >= 0.3 is 0 Å². The molecule has 8 heteroatoms. The second-order valence-electron chi connectivity index (χ2n) is 9.75. The molecule has 0 aliphatic carbocycles. The van der Waals surface area contributed by atoms with Crippen LogP contribution in [0.2, 0.25) is 5.02 Å². The molecule has 1 spiro atoms. The number of piperidine rings is 1. The maximum absolute atomic E-state index is 13.4. The molecule has 0 saturated carbocycles. The van der Waals surface area contributed by atoms with Crippen molar-refractivity contribution in [1.82, 2.24) is 15.5 Å². The summed E-state index contributed by atoms with van der Waals surface area (Å²) in [5.41, 5.74) is 1.65. The molecule has 3 amide bonds. The van der Waals surface area contributed by atoms with Crippen molar-refractivity contribution in [3.8, 4) is 5.75 Å². The summed E-state index contributed by atoms with van der Waals surface area (Å²) < 4.78 is 5.91. The zero-order valence-corrected chi connectivity index (χ0v) is 21.5. The maximum Gasteiger partial charge on any atom is 0.255 e. The molecule has 0 bridgehead atoms. The minimum Gasteiger partial charge on any atom is -0.493 e. The average Bonchev–Trinajstić information content (AvgIpc) is 2.88. The molecule has 2 heterocycles. The molecule has 2 aliphatic rings. The van der Waals surface area contributed by atoms with Crippen LogP contribution in [0.4, 0.5) is 0 Å². The Kier molecular flexibility index (Phi) is 8.52. The first kappa shape index (κ1) is 26.0. The fraction of sp³-hybridized carbons (Fsp3) is 0.464. The van der Waals surface area contributed by atoms with E-state index in [1.54, 1.807) is 30.3 Å². The summed E-state index contributed by atoms with van der Waals surface area (Å²) in [6.45, 7) is 4.46. The topological polar surface area (TPSA) is 87.7 Å². The van der Waals surface area contributed by atoms with Crippen LogP contribution in [0, 0.1) is 12.3 Å². The predicted molar refractivity (Wildman–Crippen MR) is 140 cm³/mol. The number of rotatable bonds is 1. The molecule has 1 fully saturated rings. The Labute approximate surface area is 217 Å². The van der Waals surface area contributed by atoms with Crippen LogP contribution in [0.25, 0.3) is 0 Å². The van der Waals surface area contributed by atoms with Crippen molar-refractivity contribution in [1.29, 1.82) is 0 Å². The van der Waals surface area contributed by atoms with Gasteiger partial charge in [-0.1, -0.05) is 24.1 Å². The summed E-state index contributed by atoms with van der Waals surface area (Å²) in [6.07, 6.45) is 4.19. The monoisotopic (exact) mass is 511 g/mol. The third-order valence-corrected chi connectivity index (χ3v) is 7.45. The molecule has 2 aromatic carbocycles. The summed E-state index contributed by atoms with van der Waals surface area (Å²) in [5, 5.41) is 6.71. The second-order valence-corrected chi connectivity index (χ2v) is 10.2. The van der Waals surface area contributed by atoms with Gasteiger partial charge in [0.2, 0.25) is 5.91 Å². The lowest BCUT2D eigenvalue weighted by Gasteiger charge is -2.41. The number of likely N-dealkylation sites (tertiary alicyclic amines) is 1. The van der Waals surface area contributed by atoms with E-state index in [9.17, 15) is 14.4 Å². The van der Waals surface area contributed by atoms with Crippen molar-refractivity contribution in [2.45, 2.75) is 45.4 Å². The van der Waals surface area contributed by atoms with E-state index in [4.69, 9.17) is 16.3 Å². The number of carbonyl (C=O) groups is 3. The first-order valence-electron chi connectivity index (χ1n) is 12.7. The van der Waals surface area contributed by atoms with Gasteiger partial charge in [0, 0.05) is 36.8 Å². The van der Waals surface area contributed by atoms with E-state index < -0.39 is 5.41 Å². The van der Waals surface area contributed by atoms with Gasteiger partial charge < -0.3 is 20.3 Å². The summed E-state index contributed by atoms with van der Waals surface area (Å²) >= 11 is 5.96. The van der Waals surface area contributed by atoms with Crippen molar-refractivity contribution in [2.75, 3.05) is 32.8 Å². The third-order valence-electron chi connectivity index (χ3n) is 7.19. The molecule has 0 atom stereocenters. The number of hydrogen-bond donors (Lipinski definition) is 2. The number of nitrogens with zero attached hydrogens (tertiary/aromatic N) is 1. The lowest BCUT2D eigenvalue weighted by molar-refractivity contribution is -0.134. The van der Waals surface area contributed by atoms with Crippen molar-refractivity contribution >= 4 is 29.3 Å². The number of benzene rings is 2. The summed E-state index contributed by atoms with van der Waals surface area (Å²) in [5.74, 6) is 0.450. The normalized spacial score (nSPS) is 19.2. The molecular weight excluding hydrogens is 478 g/mol. The van der Waals surface area contributed by atoms with Gasteiger partial charge in [0.1, 0.15) is 5.75 Å². The van der Waals surface area contributed by atoms with Gasteiger partial charge in [-0.15, -0.1) is 0 Å². The minimum atomic E-state index is -0.512. The van der Waals surface area contributed by atoms with E-state index in [2.05, 4.69) is 10.6 Å². The van der Waals surface area contributed by atoms with Crippen LogP contribution in [-0.2, 0) is 4.79 Å². The zero-order valence-electron chi connectivity index (χ0n) is 20.8. The highest BCUT2D eigenvalue weighted by Crippen LogP contribution is 2.37. The lowest BCUT2D eigenvalue weighted by Crippen LogP contribution is -2.50. The first-order chi connectivity index (χ1) is 17.4. The van der Waals surface area contributed by atoms with Crippen molar-refractivity contribution in [3.05, 3.63) is 64.2 Å². The fourth-order valence-electron chi connectivity index (χ4n) is 4.97. The molecule has 2 N–H and O–H groups in total. The van der Waals surface area contributed by atoms with Crippen LogP contribution in [0.15, 0.2) is 42.5 Å². The summed E-state index contributed by atoms with van der Waals surface area (Å²) in [4.78, 5) is 40.9. The number of halogens is 1. The average molecular weight is 512 g/mol. The van der Waals surface area contributed by atoms with E-state index in [1.807, 2.05) is 24.0 Å². The largest absolute Gasteiger partial charge is 0.493 e. The van der Waals surface area contributed by atoms with Crippen LogP contribution in [0.5, 0.6) is 5.75 Å². The third kappa shape index (κ3) is 6.19. The minimum absolute atomic E-state index is 0.0336. The Morgan fingerprint density at radius 3 is 2.42 bits per heavy atom. The van der Waals surface area contributed by atoms with Gasteiger partial charge in [0.15, 0.2) is 0 Å². The number of aryl methyl sites for hydroxylation is 1. The molecule has 192 valence electrons. The van der Waals surface area contributed by atoms with Gasteiger partial charge in [-0.25, -0.2) is 0 Å². The number of amides is 3. The number of fused-ring (bicyclic) bond motifs is 1. The van der Waals surface area contributed by atoms with Crippen molar-refractivity contribution < 1.29 is 19.1 Å². The lowest BCUT2D eigenvalue weighted by atomic mass is 9.73. The van der Waals surface area contributed by atoms with Gasteiger partial charge in [-0.05, 0) is 81.0 Å². The van der Waals surface area contributed by atoms with Crippen molar-refractivity contribution in [2.24, 2.45) is 5.41 Å². The number of carbonyl (C=O) groups excluding carboxylic acids is 3. The Balaban J connectivity index is 1.40. The van der Waals surface area contributed by atoms with Gasteiger partial charge in [0.05, 0.1) is 17.6 Å². The molecule has 2 aliphatic heterocycles.